The number of nitrogens with two attached hydrogens (primary N) is 1. The molecular formula is C15H29NO4. The molecule has 1 unspecified atom stereocenters. The Morgan fingerprint density at radius 2 is 1.80 bits per heavy atom. The van der Waals surface area contributed by atoms with Gasteiger partial charge in [0.1, 0.15) is 11.6 Å². The SMILES string of the molecule is CCCCOC(=O)CCCCC(N)C(=O)OC(C)(C)C. The maximum atomic E-state index is 11.6. The molecule has 5 heteroatoms. The molecule has 0 saturated carbocycles. The predicted octanol–water partition coefficient (Wildman–Crippen LogP) is 2.56. The summed E-state index contributed by atoms with van der Waals surface area (Å²) in [6.07, 6.45) is 4.21. The normalized spacial score (nSPS) is 12.8. The number of rotatable bonds is 9. The molecule has 0 aromatic heterocycles. The molecule has 20 heavy (non-hydrogen) atoms. The Kier molecular flexibility index (Phi) is 9.21. The van der Waals surface area contributed by atoms with Gasteiger partial charge in [0.05, 0.1) is 6.61 Å². The van der Waals surface area contributed by atoms with Crippen molar-refractivity contribution >= 4 is 11.9 Å². The standard InChI is InChI=1S/C15H29NO4/c1-5-6-11-19-13(17)10-8-7-9-12(16)14(18)20-15(2,3)4/h12H,5-11,16H2,1-4H3. The van der Waals surface area contributed by atoms with Crippen molar-refractivity contribution in [2.75, 3.05) is 6.61 Å². The second-order valence-corrected chi connectivity index (χ2v) is 5.96. The number of ether oxygens (including phenoxy) is 2. The summed E-state index contributed by atoms with van der Waals surface area (Å²) in [6, 6.07) is -0.620. The van der Waals surface area contributed by atoms with Gasteiger partial charge in [-0.15, -0.1) is 0 Å². The van der Waals surface area contributed by atoms with Crippen LogP contribution in [0.25, 0.3) is 0 Å². The highest BCUT2D eigenvalue weighted by molar-refractivity contribution is 5.75. The fourth-order valence-corrected chi connectivity index (χ4v) is 1.53. The summed E-state index contributed by atoms with van der Waals surface area (Å²) in [5, 5.41) is 0. The van der Waals surface area contributed by atoms with Gasteiger partial charge < -0.3 is 15.2 Å². The summed E-state index contributed by atoms with van der Waals surface area (Å²) in [5.74, 6) is -0.563. The first-order valence-electron chi connectivity index (χ1n) is 7.40. The lowest BCUT2D eigenvalue weighted by atomic mass is 10.1. The highest BCUT2D eigenvalue weighted by Crippen LogP contribution is 2.11. The minimum Gasteiger partial charge on any atom is -0.466 e. The molecule has 0 aliphatic carbocycles. The van der Waals surface area contributed by atoms with Crippen LogP contribution in [0.1, 0.15) is 66.2 Å². The molecule has 0 spiro atoms. The molecule has 0 aliphatic rings. The molecule has 0 amide bonds. The lowest BCUT2D eigenvalue weighted by Crippen LogP contribution is -2.37. The first-order valence-corrected chi connectivity index (χ1v) is 7.40. The van der Waals surface area contributed by atoms with E-state index < -0.39 is 11.6 Å². The molecule has 2 N–H and O–H groups in total. The van der Waals surface area contributed by atoms with Gasteiger partial charge in [0.2, 0.25) is 0 Å². The average Bonchev–Trinajstić information content (AvgIpc) is 2.32. The van der Waals surface area contributed by atoms with E-state index in [1.165, 1.54) is 0 Å². The van der Waals surface area contributed by atoms with Crippen molar-refractivity contribution in [1.29, 1.82) is 0 Å². The highest BCUT2D eigenvalue weighted by Gasteiger charge is 2.21. The average molecular weight is 287 g/mol. The van der Waals surface area contributed by atoms with E-state index in [1.807, 2.05) is 27.7 Å². The van der Waals surface area contributed by atoms with E-state index in [0.29, 0.717) is 32.3 Å². The van der Waals surface area contributed by atoms with Crippen LogP contribution in [0, 0.1) is 0 Å². The quantitative estimate of drug-likeness (QED) is 0.521. The largest absolute Gasteiger partial charge is 0.466 e. The van der Waals surface area contributed by atoms with Crippen LogP contribution in [0.15, 0.2) is 0 Å². The Morgan fingerprint density at radius 3 is 2.35 bits per heavy atom. The third kappa shape index (κ3) is 10.8. The third-order valence-electron chi connectivity index (χ3n) is 2.62. The fraction of sp³-hybridized carbons (Fsp3) is 0.867. The number of carbonyl (C=O) groups is 2. The molecule has 0 saturated heterocycles. The van der Waals surface area contributed by atoms with E-state index in [0.717, 1.165) is 12.8 Å². The van der Waals surface area contributed by atoms with E-state index in [-0.39, 0.29) is 11.9 Å². The number of hydrogen-bond acceptors (Lipinski definition) is 5. The minimum atomic E-state index is -0.620. The second-order valence-electron chi connectivity index (χ2n) is 5.96. The highest BCUT2D eigenvalue weighted by atomic mass is 16.6. The second kappa shape index (κ2) is 9.75. The van der Waals surface area contributed by atoms with Gasteiger partial charge in [-0.05, 0) is 40.0 Å². The Balaban J connectivity index is 3.68. The number of carbonyl (C=O) groups excluding carboxylic acids is 2. The smallest absolute Gasteiger partial charge is 0.323 e. The van der Waals surface area contributed by atoms with Gasteiger partial charge in [-0.2, -0.15) is 0 Å². The van der Waals surface area contributed by atoms with Gasteiger partial charge in [0.15, 0.2) is 0 Å². The van der Waals surface area contributed by atoms with E-state index in [9.17, 15) is 9.59 Å². The Bertz CT molecular complexity index is 297. The molecule has 0 fully saturated rings. The number of hydrogen-bond donors (Lipinski definition) is 1. The molecule has 5 nitrogen and oxygen atoms in total. The molecule has 118 valence electrons. The molecule has 0 radical (unpaired) electrons. The van der Waals surface area contributed by atoms with Crippen LogP contribution in [0.5, 0.6) is 0 Å². The Morgan fingerprint density at radius 1 is 1.15 bits per heavy atom. The van der Waals surface area contributed by atoms with E-state index in [1.54, 1.807) is 0 Å². The van der Waals surface area contributed by atoms with Crippen molar-refractivity contribution in [3.63, 3.8) is 0 Å². The monoisotopic (exact) mass is 287 g/mol. The van der Waals surface area contributed by atoms with Gasteiger partial charge in [0.25, 0.3) is 0 Å². The first kappa shape index (κ1) is 18.9. The molecule has 0 aromatic rings. The molecule has 0 aliphatic heterocycles. The summed E-state index contributed by atoms with van der Waals surface area (Å²) >= 11 is 0. The van der Waals surface area contributed by atoms with Crippen molar-refractivity contribution in [2.45, 2.75) is 77.9 Å². The maximum absolute atomic E-state index is 11.6. The third-order valence-corrected chi connectivity index (χ3v) is 2.62. The van der Waals surface area contributed by atoms with Crippen LogP contribution >= 0.6 is 0 Å². The van der Waals surface area contributed by atoms with Crippen LogP contribution in [0.2, 0.25) is 0 Å². The minimum absolute atomic E-state index is 0.177. The zero-order chi connectivity index (χ0) is 15.6. The van der Waals surface area contributed by atoms with E-state index >= 15 is 0 Å². The predicted molar refractivity (Wildman–Crippen MR) is 78.2 cm³/mol. The summed E-state index contributed by atoms with van der Waals surface area (Å²) < 4.78 is 10.2. The topological polar surface area (TPSA) is 78.6 Å². The van der Waals surface area contributed by atoms with E-state index in [4.69, 9.17) is 15.2 Å². The van der Waals surface area contributed by atoms with Gasteiger partial charge in [-0.3, -0.25) is 9.59 Å². The van der Waals surface area contributed by atoms with Crippen LogP contribution < -0.4 is 5.73 Å². The van der Waals surface area contributed by atoms with Crippen molar-refractivity contribution in [2.24, 2.45) is 5.73 Å². The zero-order valence-electron chi connectivity index (χ0n) is 13.2. The maximum Gasteiger partial charge on any atom is 0.323 e. The van der Waals surface area contributed by atoms with Gasteiger partial charge >= 0.3 is 11.9 Å². The molecular weight excluding hydrogens is 258 g/mol. The summed E-state index contributed by atoms with van der Waals surface area (Å²) in [7, 11) is 0. The lowest BCUT2D eigenvalue weighted by Gasteiger charge is -2.22. The van der Waals surface area contributed by atoms with Gasteiger partial charge in [-0.25, -0.2) is 0 Å². The first-order chi connectivity index (χ1) is 9.26. The molecule has 0 aromatic carbocycles. The lowest BCUT2D eigenvalue weighted by molar-refractivity contribution is -0.156. The van der Waals surface area contributed by atoms with Gasteiger partial charge in [-0.1, -0.05) is 19.8 Å². The van der Waals surface area contributed by atoms with Crippen LogP contribution in [-0.2, 0) is 19.1 Å². The Hall–Kier alpha value is -1.10. The van der Waals surface area contributed by atoms with Crippen molar-refractivity contribution in [3.8, 4) is 0 Å². The Labute approximate surface area is 122 Å². The number of esters is 2. The van der Waals surface area contributed by atoms with Crippen molar-refractivity contribution in [1.82, 2.24) is 0 Å². The summed E-state index contributed by atoms with van der Waals surface area (Å²) in [4.78, 5) is 23.0. The summed E-state index contributed by atoms with van der Waals surface area (Å²) in [6.45, 7) is 7.97. The van der Waals surface area contributed by atoms with Gasteiger partial charge in [0, 0.05) is 6.42 Å². The molecule has 0 rings (SSSR count). The zero-order valence-corrected chi connectivity index (χ0v) is 13.2. The summed E-state index contributed by atoms with van der Waals surface area (Å²) in [5.41, 5.74) is 5.23. The van der Waals surface area contributed by atoms with Crippen molar-refractivity contribution in [3.05, 3.63) is 0 Å². The van der Waals surface area contributed by atoms with Crippen molar-refractivity contribution < 1.29 is 19.1 Å². The fourth-order valence-electron chi connectivity index (χ4n) is 1.53. The van der Waals surface area contributed by atoms with E-state index in [2.05, 4.69) is 0 Å². The molecule has 0 bridgehead atoms. The molecule has 1 atom stereocenters. The molecule has 0 heterocycles. The van der Waals surface area contributed by atoms with Crippen LogP contribution in [0.3, 0.4) is 0 Å². The van der Waals surface area contributed by atoms with Crippen LogP contribution in [0.4, 0.5) is 0 Å². The van der Waals surface area contributed by atoms with Crippen LogP contribution in [-0.4, -0.2) is 30.2 Å². The number of unbranched alkanes of at least 4 members (excludes halogenated alkanes) is 2.